The first kappa shape index (κ1) is 13.4. The van der Waals surface area contributed by atoms with Gasteiger partial charge in [-0.25, -0.2) is 0 Å². The molecule has 1 fully saturated rings. The van der Waals surface area contributed by atoms with E-state index < -0.39 is 0 Å². The standard InChI is InChI=1S/C13H17BrN2O2/c1-18-11-4-3-9(7-10(11)14)16-12(17)8-13(15)5-2-6-13/h3-4,7H,2,5-6,8,15H2,1H3,(H,16,17). The predicted molar refractivity (Wildman–Crippen MR) is 74.7 cm³/mol. The van der Waals surface area contributed by atoms with Gasteiger partial charge in [0, 0.05) is 17.6 Å². The number of ether oxygens (including phenoxy) is 1. The van der Waals surface area contributed by atoms with E-state index in [1.54, 1.807) is 13.2 Å². The van der Waals surface area contributed by atoms with E-state index in [9.17, 15) is 4.79 Å². The van der Waals surface area contributed by atoms with E-state index in [-0.39, 0.29) is 11.4 Å². The Balaban J connectivity index is 1.96. The van der Waals surface area contributed by atoms with Crippen LogP contribution in [0.15, 0.2) is 22.7 Å². The fourth-order valence-electron chi connectivity index (χ4n) is 2.08. The second kappa shape index (κ2) is 5.28. The largest absolute Gasteiger partial charge is 0.496 e. The summed E-state index contributed by atoms with van der Waals surface area (Å²) in [7, 11) is 1.60. The summed E-state index contributed by atoms with van der Waals surface area (Å²) >= 11 is 3.38. The first-order valence-electron chi connectivity index (χ1n) is 5.95. The molecule has 1 amide bonds. The highest BCUT2D eigenvalue weighted by Crippen LogP contribution is 2.33. The number of halogens is 1. The number of nitrogens with one attached hydrogen (secondary N) is 1. The molecule has 1 saturated carbocycles. The molecule has 0 aliphatic heterocycles. The Kier molecular flexibility index (Phi) is 3.92. The molecule has 4 nitrogen and oxygen atoms in total. The van der Waals surface area contributed by atoms with Crippen molar-refractivity contribution < 1.29 is 9.53 Å². The number of rotatable bonds is 4. The van der Waals surface area contributed by atoms with E-state index in [0.29, 0.717) is 6.42 Å². The van der Waals surface area contributed by atoms with Crippen molar-refractivity contribution in [2.45, 2.75) is 31.2 Å². The average molecular weight is 313 g/mol. The highest BCUT2D eigenvalue weighted by atomic mass is 79.9. The Hall–Kier alpha value is -1.07. The minimum absolute atomic E-state index is 0.0331. The number of nitrogens with two attached hydrogens (primary N) is 1. The lowest BCUT2D eigenvalue weighted by Gasteiger charge is -2.37. The Labute approximate surface area is 115 Å². The van der Waals surface area contributed by atoms with Crippen molar-refractivity contribution in [1.82, 2.24) is 0 Å². The summed E-state index contributed by atoms with van der Waals surface area (Å²) in [6.07, 6.45) is 3.38. The monoisotopic (exact) mass is 312 g/mol. The fourth-order valence-corrected chi connectivity index (χ4v) is 2.62. The Morgan fingerprint density at radius 2 is 2.28 bits per heavy atom. The molecule has 0 radical (unpaired) electrons. The molecule has 0 spiro atoms. The van der Waals surface area contributed by atoms with Gasteiger partial charge in [-0.2, -0.15) is 0 Å². The van der Waals surface area contributed by atoms with Crippen LogP contribution in [-0.4, -0.2) is 18.6 Å². The van der Waals surface area contributed by atoms with Gasteiger partial charge in [0.1, 0.15) is 5.75 Å². The molecule has 1 aliphatic rings. The first-order valence-corrected chi connectivity index (χ1v) is 6.74. The van der Waals surface area contributed by atoms with Gasteiger partial charge in [-0.3, -0.25) is 4.79 Å². The molecule has 0 unspecified atom stereocenters. The molecule has 18 heavy (non-hydrogen) atoms. The number of hydrogen-bond donors (Lipinski definition) is 2. The van der Waals surface area contributed by atoms with Gasteiger partial charge in [-0.05, 0) is 53.4 Å². The Bertz CT molecular complexity index is 458. The third-order valence-electron chi connectivity index (χ3n) is 3.30. The van der Waals surface area contributed by atoms with Crippen LogP contribution in [0.2, 0.25) is 0 Å². The van der Waals surface area contributed by atoms with Crippen molar-refractivity contribution in [3.8, 4) is 5.75 Å². The molecule has 0 aromatic heterocycles. The topological polar surface area (TPSA) is 64.3 Å². The van der Waals surface area contributed by atoms with Crippen LogP contribution in [-0.2, 0) is 4.79 Å². The third kappa shape index (κ3) is 3.03. The fraction of sp³-hybridized carbons (Fsp3) is 0.462. The molecule has 1 aliphatic carbocycles. The smallest absolute Gasteiger partial charge is 0.226 e. The third-order valence-corrected chi connectivity index (χ3v) is 3.92. The summed E-state index contributed by atoms with van der Waals surface area (Å²) in [4.78, 5) is 11.8. The molecule has 0 bridgehead atoms. The van der Waals surface area contributed by atoms with Gasteiger partial charge in [0.2, 0.25) is 5.91 Å². The van der Waals surface area contributed by atoms with Crippen LogP contribution in [0, 0.1) is 0 Å². The summed E-state index contributed by atoms with van der Waals surface area (Å²) < 4.78 is 5.95. The molecule has 1 aromatic rings. The van der Waals surface area contributed by atoms with Crippen molar-refractivity contribution in [2.24, 2.45) is 5.73 Å². The van der Waals surface area contributed by atoms with Crippen molar-refractivity contribution in [1.29, 1.82) is 0 Å². The van der Waals surface area contributed by atoms with Gasteiger partial charge in [-0.1, -0.05) is 0 Å². The van der Waals surface area contributed by atoms with Gasteiger partial charge in [0.15, 0.2) is 0 Å². The molecular formula is C13H17BrN2O2. The zero-order chi connectivity index (χ0) is 13.2. The molecule has 0 heterocycles. The lowest BCUT2D eigenvalue weighted by molar-refractivity contribution is -0.118. The summed E-state index contributed by atoms with van der Waals surface area (Å²) in [6.45, 7) is 0. The molecule has 0 saturated heterocycles. The molecule has 98 valence electrons. The highest BCUT2D eigenvalue weighted by Gasteiger charge is 2.34. The summed E-state index contributed by atoms with van der Waals surface area (Å²) in [5.74, 6) is 0.705. The van der Waals surface area contributed by atoms with Gasteiger partial charge in [0.25, 0.3) is 0 Å². The second-order valence-corrected chi connectivity index (χ2v) is 5.64. The quantitative estimate of drug-likeness (QED) is 0.898. The van der Waals surface area contributed by atoms with Crippen molar-refractivity contribution >= 4 is 27.5 Å². The summed E-state index contributed by atoms with van der Waals surface area (Å²) in [5, 5.41) is 2.85. The predicted octanol–water partition coefficient (Wildman–Crippen LogP) is 2.67. The molecule has 1 aromatic carbocycles. The van der Waals surface area contributed by atoms with E-state index in [1.165, 1.54) is 0 Å². The van der Waals surface area contributed by atoms with Crippen LogP contribution >= 0.6 is 15.9 Å². The molecule has 0 atom stereocenters. The first-order chi connectivity index (χ1) is 8.52. The second-order valence-electron chi connectivity index (χ2n) is 4.79. The van der Waals surface area contributed by atoms with E-state index in [4.69, 9.17) is 10.5 Å². The maximum atomic E-state index is 11.8. The molecular weight excluding hydrogens is 296 g/mol. The SMILES string of the molecule is COc1ccc(NC(=O)CC2(N)CCC2)cc1Br. The number of hydrogen-bond acceptors (Lipinski definition) is 3. The lowest BCUT2D eigenvalue weighted by atomic mass is 9.75. The summed E-state index contributed by atoms with van der Waals surface area (Å²) in [5.41, 5.74) is 6.50. The van der Waals surface area contributed by atoms with E-state index in [1.807, 2.05) is 12.1 Å². The number of carbonyl (C=O) groups is 1. The van der Waals surface area contributed by atoms with Crippen LogP contribution < -0.4 is 15.8 Å². The van der Waals surface area contributed by atoms with Crippen LogP contribution in [0.3, 0.4) is 0 Å². The van der Waals surface area contributed by atoms with Crippen LogP contribution in [0.4, 0.5) is 5.69 Å². The van der Waals surface area contributed by atoms with Crippen molar-refractivity contribution in [3.63, 3.8) is 0 Å². The number of methoxy groups -OCH3 is 1. The number of anilines is 1. The average Bonchev–Trinajstić information content (AvgIpc) is 2.27. The van der Waals surface area contributed by atoms with Crippen LogP contribution in [0.5, 0.6) is 5.75 Å². The summed E-state index contributed by atoms with van der Waals surface area (Å²) in [6, 6.07) is 5.44. The maximum absolute atomic E-state index is 11.8. The number of benzene rings is 1. The van der Waals surface area contributed by atoms with Gasteiger partial charge < -0.3 is 15.8 Å². The zero-order valence-corrected chi connectivity index (χ0v) is 11.9. The zero-order valence-electron chi connectivity index (χ0n) is 10.3. The van der Waals surface area contributed by atoms with E-state index in [2.05, 4.69) is 21.2 Å². The molecule has 5 heteroatoms. The van der Waals surface area contributed by atoms with E-state index in [0.717, 1.165) is 35.2 Å². The Morgan fingerprint density at radius 3 is 2.78 bits per heavy atom. The lowest BCUT2D eigenvalue weighted by Crippen LogP contribution is -2.48. The molecule has 2 rings (SSSR count). The Morgan fingerprint density at radius 1 is 1.56 bits per heavy atom. The molecule has 3 N–H and O–H groups in total. The van der Waals surface area contributed by atoms with Gasteiger partial charge in [0.05, 0.1) is 11.6 Å². The van der Waals surface area contributed by atoms with Crippen molar-refractivity contribution in [2.75, 3.05) is 12.4 Å². The van der Waals surface area contributed by atoms with Crippen LogP contribution in [0.25, 0.3) is 0 Å². The van der Waals surface area contributed by atoms with Crippen LogP contribution in [0.1, 0.15) is 25.7 Å². The number of amides is 1. The number of carbonyl (C=O) groups excluding carboxylic acids is 1. The minimum atomic E-state index is -0.284. The minimum Gasteiger partial charge on any atom is -0.496 e. The maximum Gasteiger partial charge on any atom is 0.226 e. The highest BCUT2D eigenvalue weighted by molar-refractivity contribution is 9.10. The normalized spacial score (nSPS) is 16.8. The van der Waals surface area contributed by atoms with E-state index >= 15 is 0 Å². The van der Waals surface area contributed by atoms with Crippen molar-refractivity contribution in [3.05, 3.63) is 22.7 Å². The van der Waals surface area contributed by atoms with Gasteiger partial charge >= 0.3 is 0 Å². The van der Waals surface area contributed by atoms with Gasteiger partial charge in [-0.15, -0.1) is 0 Å².